The van der Waals surface area contributed by atoms with Crippen molar-refractivity contribution < 1.29 is 11.3 Å². The first-order chi connectivity index (χ1) is 32.3. The number of hydrogen-bond acceptors (Lipinski definition) is 3. The van der Waals surface area contributed by atoms with Crippen molar-refractivity contribution in [3.63, 3.8) is 0 Å². The molecule has 0 unspecified atom stereocenters. The van der Waals surface area contributed by atoms with Crippen LogP contribution >= 0.6 is 11.3 Å². The molecule has 0 fully saturated rings. The van der Waals surface area contributed by atoms with E-state index < -0.39 is 6.04 Å². The molecule has 10 aromatic carbocycles. The standard InChI is InChI=1S/C58H37NOS/c1-3-13-39(14-4-1)45-35-36-46(49-18-8-7-17-48(45)49)41-27-32-44(33-28-41)59(43-30-25-38(26-31-43)42-29-34-51-50-19-9-10-24-55(50)60-56(51)37-42)54-23-12-22-53-52-21-11-20-47(57(52)61-58(53)54)40-15-5-2-6-16-40/h1-37H/i1D,3D,4D,13D,14D. The number of para-hydroxylation sites is 1. The second-order valence-electron chi connectivity index (χ2n) is 15.2. The molecule has 12 rings (SSSR count). The van der Waals surface area contributed by atoms with Crippen molar-refractivity contribution in [3.8, 4) is 44.5 Å². The molecule has 0 atom stereocenters. The third kappa shape index (κ3) is 6.01. The van der Waals surface area contributed by atoms with E-state index in [4.69, 9.17) is 11.3 Å². The summed E-state index contributed by atoms with van der Waals surface area (Å²) in [7, 11) is 0. The van der Waals surface area contributed by atoms with E-state index in [1.165, 1.54) is 31.3 Å². The van der Waals surface area contributed by atoms with E-state index in [1.54, 1.807) is 0 Å². The van der Waals surface area contributed by atoms with Gasteiger partial charge >= 0.3 is 0 Å². The Kier molecular flexibility index (Phi) is 7.23. The smallest absolute Gasteiger partial charge is 0.136 e. The first kappa shape index (κ1) is 30.3. The molecule has 61 heavy (non-hydrogen) atoms. The molecule has 0 amide bonds. The van der Waals surface area contributed by atoms with Gasteiger partial charge < -0.3 is 9.32 Å². The lowest BCUT2D eigenvalue weighted by molar-refractivity contribution is 0.669. The average Bonchev–Trinajstić information content (AvgIpc) is 3.95. The predicted molar refractivity (Wildman–Crippen MR) is 261 cm³/mol. The second-order valence-corrected chi connectivity index (χ2v) is 16.3. The fourth-order valence-electron chi connectivity index (χ4n) is 8.91. The number of nitrogens with zero attached hydrogens (tertiary/aromatic N) is 1. The molecule has 0 aliphatic carbocycles. The Morgan fingerprint density at radius 2 is 0.918 bits per heavy atom. The minimum atomic E-state index is -0.402. The van der Waals surface area contributed by atoms with Gasteiger partial charge in [-0.2, -0.15) is 0 Å². The summed E-state index contributed by atoms with van der Waals surface area (Å²) < 4.78 is 51.0. The summed E-state index contributed by atoms with van der Waals surface area (Å²) in [5.41, 5.74) is 12.2. The summed E-state index contributed by atoms with van der Waals surface area (Å²) in [5.74, 6) is 0. The Morgan fingerprint density at radius 3 is 1.66 bits per heavy atom. The van der Waals surface area contributed by atoms with Crippen molar-refractivity contribution in [2.75, 3.05) is 4.90 Å². The van der Waals surface area contributed by atoms with Crippen LogP contribution in [0.5, 0.6) is 0 Å². The number of anilines is 3. The van der Waals surface area contributed by atoms with Gasteiger partial charge in [-0.25, -0.2) is 0 Å². The SMILES string of the molecule is [2H]c1c([2H])c([2H])c(-c2ccc(-c3ccc(N(c4ccc(-c5ccc6c(c5)oc5ccccc56)cc4)c4cccc5c4sc4c(-c6ccccc6)cccc45)cc3)c3ccccc23)c([2H])c1[2H]. The molecule has 286 valence electrons. The first-order valence-electron chi connectivity index (χ1n) is 22.8. The monoisotopic (exact) mass is 800 g/mol. The van der Waals surface area contributed by atoms with E-state index in [0.29, 0.717) is 5.56 Å². The van der Waals surface area contributed by atoms with Crippen molar-refractivity contribution in [1.82, 2.24) is 0 Å². The molecule has 0 radical (unpaired) electrons. The van der Waals surface area contributed by atoms with E-state index in [2.05, 4.69) is 144 Å². The van der Waals surface area contributed by atoms with Crippen molar-refractivity contribution in [3.05, 3.63) is 224 Å². The molecule has 0 aliphatic rings. The van der Waals surface area contributed by atoms with Crippen LogP contribution < -0.4 is 4.90 Å². The molecule has 0 bridgehead atoms. The molecule has 0 spiro atoms. The van der Waals surface area contributed by atoms with Gasteiger partial charge in [-0.1, -0.05) is 176 Å². The Morgan fingerprint density at radius 1 is 0.361 bits per heavy atom. The number of hydrogen-bond donors (Lipinski definition) is 0. The van der Waals surface area contributed by atoms with Gasteiger partial charge in [0.15, 0.2) is 0 Å². The lowest BCUT2D eigenvalue weighted by Crippen LogP contribution is -2.10. The molecular formula is C58H37NOS. The number of furan rings is 1. The van der Waals surface area contributed by atoms with Crippen LogP contribution in [0.2, 0.25) is 0 Å². The summed E-state index contributed by atoms with van der Waals surface area (Å²) in [4.78, 5) is 2.34. The third-order valence-electron chi connectivity index (χ3n) is 11.8. The van der Waals surface area contributed by atoms with E-state index in [-0.39, 0.29) is 29.7 Å². The maximum absolute atomic E-state index is 8.73. The summed E-state index contributed by atoms with van der Waals surface area (Å²) in [6, 6.07) is 66.0. The summed E-state index contributed by atoms with van der Waals surface area (Å²) in [6.45, 7) is 0. The fraction of sp³-hybridized carbons (Fsp3) is 0. The highest BCUT2D eigenvalue weighted by Gasteiger charge is 2.20. The Balaban J connectivity index is 0.991. The van der Waals surface area contributed by atoms with E-state index in [1.807, 2.05) is 65.9 Å². The Hall–Kier alpha value is -7.72. The van der Waals surface area contributed by atoms with Gasteiger partial charge in [0, 0.05) is 37.6 Å². The van der Waals surface area contributed by atoms with Gasteiger partial charge in [-0.3, -0.25) is 0 Å². The van der Waals surface area contributed by atoms with Gasteiger partial charge in [0.05, 0.1) is 17.2 Å². The van der Waals surface area contributed by atoms with Crippen LogP contribution in [0.3, 0.4) is 0 Å². The topological polar surface area (TPSA) is 16.4 Å². The predicted octanol–water partition coefficient (Wildman–Crippen LogP) is 17.2. The maximum Gasteiger partial charge on any atom is 0.136 e. The molecule has 2 nitrogen and oxygen atoms in total. The van der Waals surface area contributed by atoms with Crippen molar-refractivity contribution >= 4 is 81.3 Å². The van der Waals surface area contributed by atoms with Crippen molar-refractivity contribution in [2.45, 2.75) is 0 Å². The normalized spacial score (nSPS) is 12.8. The van der Waals surface area contributed by atoms with Crippen molar-refractivity contribution in [2.24, 2.45) is 0 Å². The summed E-state index contributed by atoms with van der Waals surface area (Å²) >= 11 is 1.82. The molecule has 0 saturated heterocycles. The van der Waals surface area contributed by atoms with Crippen LogP contribution in [0.1, 0.15) is 6.85 Å². The molecular weight excluding hydrogens is 759 g/mol. The molecule has 12 aromatic rings. The molecule has 0 saturated carbocycles. The van der Waals surface area contributed by atoms with Gasteiger partial charge in [0.1, 0.15) is 11.2 Å². The quantitative estimate of drug-likeness (QED) is 0.160. The first-order valence-corrected chi connectivity index (χ1v) is 21.1. The highest BCUT2D eigenvalue weighted by Crippen LogP contribution is 2.48. The number of benzene rings is 10. The van der Waals surface area contributed by atoms with E-state index in [9.17, 15) is 0 Å². The van der Waals surface area contributed by atoms with Crippen LogP contribution in [0.4, 0.5) is 17.1 Å². The molecule has 2 heterocycles. The third-order valence-corrected chi connectivity index (χ3v) is 13.1. The molecule has 0 N–H and O–H groups in total. The van der Waals surface area contributed by atoms with Crippen LogP contribution in [0.25, 0.3) is 97.4 Å². The zero-order valence-corrected chi connectivity index (χ0v) is 33.6. The molecule has 3 heteroatoms. The van der Waals surface area contributed by atoms with Gasteiger partial charge in [0.25, 0.3) is 0 Å². The maximum atomic E-state index is 8.73. The van der Waals surface area contributed by atoms with E-state index >= 15 is 0 Å². The van der Waals surface area contributed by atoms with Gasteiger partial charge in [0.2, 0.25) is 0 Å². The number of rotatable bonds is 7. The second kappa shape index (κ2) is 14.5. The van der Waals surface area contributed by atoms with Crippen LogP contribution in [-0.4, -0.2) is 0 Å². The van der Waals surface area contributed by atoms with Crippen molar-refractivity contribution in [1.29, 1.82) is 0 Å². The minimum Gasteiger partial charge on any atom is -0.456 e. The lowest BCUT2D eigenvalue weighted by atomic mass is 9.92. The average molecular weight is 801 g/mol. The zero-order chi connectivity index (χ0) is 44.6. The number of fused-ring (bicyclic) bond motifs is 7. The van der Waals surface area contributed by atoms with Crippen LogP contribution in [0.15, 0.2) is 229 Å². The van der Waals surface area contributed by atoms with Gasteiger partial charge in [-0.05, 0) is 104 Å². The summed E-state index contributed by atoms with van der Waals surface area (Å²) in [5, 5.41) is 6.38. The highest BCUT2D eigenvalue weighted by atomic mass is 32.1. The molecule has 2 aromatic heterocycles. The highest BCUT2D eigenvalue weighted by molar-refractivity contribution is 7.27. The molecule has 0 aliphatic heterocycles. The zero-order valence-electron chi connectivity index (χ0n) is 37.7. The largest absolute Gasteiger partial charge is 0.456 e. The van der Waals surface area contributed by atoms with Crippen LogP contribution in [-0.2, 0) is 0 Å². The minimum absolute atomic E-state index is 0.196. The Labute approximate surface area is 364 Å². The lowest BCUT2D eigenvalue weighted by Gasteiger charge is -2.26. The summed E-state index contributed by atoms with van der Waals surface area (Å²) in [6.07, 6.45) is 0. The Bertz CT molecular complexity index is 3850. The number of thiophene rings is 1. The van der Waals surface area contributed by atoms with Crippen LogP contribution in [0, 0.1) is 0 Å². The fourth-order valence-corrected chi connectivity index (χ4v) is 10.2. The van der Waals surface area contributed by atoms with E-state index in [0.717, 1.165) is 72.0 Å². The van der Waals surface area contributed by atoms with Gasteiger partial charge in [-0.15, -0.1) is 11.3 Å².